The second-order valence-corrected chi connectivity index (χ2v) is 6.80. The molecule has 6 heteroatoms. The van der Waals surface area contributed by atoms with E-state index in [9.17, 15) is 4.79 Å². The zero-order valence-electron chi connectivity index (χ0n) is 14.6. The number of pyridine rings is 1. The molecule has 1 amide bonds. The van der Waals surface area contributed by atoms with Crippen molar-refractivity contribution < 1.29 is 4.79 Å². The minimum atomic E-state index is -0.147. The highest BCUT2D eigenvalue weighted by molar-refractivity contribution is 6.29. The summed E-state index contributed by atoms with van der Waals surface area (Å²) >= 11 is 5.98. The van der Waals surface area contributed by atoms with E-state index in [1.165, 1.54) is 5.56 Å². The van der Waals surface area contributed by atoms with Crippen LogP contribution in [0.1, 0.15) is 27.2 Å². The standard InChI is InChI=1S/C19H21ClN4O/c1-12-4-6-13(7-5-12)10-21-19(25)17-15(11-24(2)3)14-8-9-16(20)22-18(14)23-17/h4-9H,10-11H2,1-3H3,(H,21,25)(H,22,23). The maximum atomic E-state index is 12.7. The van der Waals surface area contributed by atoms with Crippen molar-refractivity contribution in [3.63, 3.8) is 0 Å². The average molecular weight is 357 g/mol. The molecule has 2 N–H and O–H groups in total. The number of nitrogens with zero attached hydrogens (tertiary/aromatic N) is 2. The topological polar surface area (TPSA) is 61.0 Å². The summed E-state index contributed by atoms with van der Waals surface area (Å²) in [5.41, 5.74) is 4.34. The van der Waals surface area contributed by atoms with Gasteiger partial charge in [0.1, 0.15) is 16.5 Å². The van der Waals surface area contributed by atoms with Crippen LogP contribution in [0.4, 0.5) is 0 Å². The molecular weight excluding hydrogens is 336 g/mol. The van der Waals surface area contributed by atoms with Crippen LogP contribution >= 0.6 is 11.6 Å². The molecule has 0 unspecified atom stereocenters. The summed E-state index contributed by atoms with van der Waals surface area (Å²) in [6.45, 7) is 3.15. The van der Waals surface area contributed by atoms with E-state index >= 15 is 0 Å². The number of amides is 1. The second kappa shape index (κ2) is 7.25. The highest BCUT2D eigenvalue weighted by Crippen LogP contribution is 2.24. The smallest absolute Gasteiger partial charge is 0.268 e. The van der Waals surface area contributed by atoms with E-state index in [0.29, 0.717) is 29.6 Å². The Labute approximate surface area is 152 Å². The molecule has 0 aliphatic carbocycles. The van der Waals surface area contributed by atoms with Crippen LogP contribution in [-0.4, -0.2) is 34.9 Å². The first-order valence-electron chi connectivity index (χ1n) is 8.09. The maximum absolute atomic E-state index is 12.7. The van der Waals surface area contributed by atoms with E-state index in [1.54, 1.807) is 6.07 Å². The van der Waals surface area contributed by atoms with Crippen molar-refractivity contribution in [2.45, 2.75) is 20.0 Å². The summed E-state index contributed by atoms with van der Waals surface area (Å²) in [5.74, 6) is -0.147. The van der Waals surface area contributed by atoms with Gasteiger partial charge in [-0.1, -0.05) is 41.4 Å². The van der Waals surface area contributed by atoms with Crippen LogP contribution < -0.4 is 5.32 Å². The van der Waals surface area contributed by atoms with E-state index in [4.69, 9.17) is 11.6 Å². The van der Waals surface area contributed by atoms with Gasteiger partial charge >= 0.3 is 0 Å². The molecule has 0 aliphatic heterocycles. The van der Waals surface area contributed by atoms with Gasteiger partial charge in [0.05, 0.1) is 0 Å². The van der Waals surface area contributed by atoms with E-state index in [1.807, 2.05) is 56.3 Å². The van der Waals surface area contributed by atoms with Gasteiger partial charge in [-0.2, -0.15) is 0 Å². The molecule has 0 atom stereocenters. The van der Waals surface area contributed by atoms with E-state index in [2.05, 4.69) is 15.3 Å². The predicted molar refractivity (Wildman–Crippen MR) is 101 cm³/mol. The summed E-state index contributed by atoms with van der Waals surface area (Å²) in [7, 11) is 3.94. The summed E-state index contributed by atoms with van der Waals surface area (Å²) < 4.78 is 0. The number of hydrogen-bond donors (Lipinski definition) is 2. The van der Waals surface area contributed by atoms with Crippen molar-refractivity contribution >= 4 is 28.5 Å². The second-order valence-electron chi connectivity index (χ2n) is 6.41. The van der Waals surface area contributed by atoms with Gasteiger partial charge in [0.15, 0.2) is 0 Å². The van der Waals surface area contributed by atoms with Crippen LogP contribution in [-0.2, 0) is 13.1 Å². The van der Waals surface area contributed by atoms with Crippen molar-refractivity contribution in [3.05, 3.63) is 63.9 Å². The fraction of sp³-hybridized carbons (Fsp3) is 0.263. The number of benzene rings is 1. The van der Waals surface area contributed by atoms with Gasteiger partial charge in [0.25, 0.3) is 5.91 Å². The number of aryl methyl sites for hydroxylation is 1. The number of carbonyl (C=O) groups is 1. The highest BCUT2D eigenvalue weighted by Gasteiger charge is 2.19. The SMILES string of the molecule is Cc1ccc(CNC(=O)c2[nH]c3nc(Cl)ccc3c2CN(C)C)cc1. The van der Waals surface area contributed by atoms with Gasteiger partial charge in [-0.3, -0.25) is 4.79 Å². The first kappa shape index (κ1) is 17.5. The van der Waals surface area contributed by atoms with Gasteiger partial charge in [0.2, 0.25) is 0 Å². The largest absolute Gasteiger partial charge is 0.347 e. The summed E-state index contributed by atoms with van der Waals surface area (Å²) in [6.07, 6.45) is 0. The lowest BCUT2D eigenvalue weighted by atomic mass is 10.1. The highest BCUT2D eigenvalue weighted by atomic mass is 35.5. The number of halogens is 1. The number of hydrogen-bond acceptors (Lipinski definition) is 3. The molecule has 5 nitrogen and oxygen atoms in total. The van der Waals surface area contributed by atoms with Gasteiger partial charge in [-0.25, -0.2) is 4.98 Å². The Morgan fingerprint density at radius 1 is 1.20 bits per heavy atom. The number of nitrogens with one attached hydrogen (secondary N) is 2. The molecular formula is C19H21ClN4O. The third-order valence-corrected chi connectivity index (χ3v) is 4.22. The van der Waals surface area contributed by atoms with Crippen LogP contribution in [0.25, 0.3) is 11.0 Å². The van der Waals surface area contributed by atoms with Crippen molar-refractivity contribution in [1.82, 2.24) is 20.2 Å². The fourth-order valence-corrected chi connectivity index (χ4v) is 2.90. The van der Waals surface area contributed by atoms with Crippen molar-refractivity contribution in [1.29, 1.82) is 0 Å². The molecule has 0 saturated heterocycles. The average Bonchev–Trinajstić information content (AvgIpc) is 2.91. The molecule has 0 aliphatic rings. The van der Waals surface area contributed by atoms with E-state index < -0.39 is 0 Å². The van der Waals surface area contributed by atoms with Crippen molar-refractivity contribution in [3.8, 4) is 0 Å². The minimum Gasteiger partial charge on any atom is -0.347 e. The monoisotopic (exact) mass is 356 g/mol. The van der Waals surface area contributed by atoms with Crippen molar-refractivity contribution in [2.75, 3.05) is 14.1 Å². The van der Waals surface area contributed by atoms with E-state index in [0.717, 1.165) is 16.5 Å². The quantitative estimate of drug-likeness (QED) is 0.688. The number of H-pyrrole nitrogens is 1. The lowest BCUT2D eigenvalue weighted by molar-refractivity contribution is 0.0945. The molecule has 0 spiro atoms. The third-order valence-electron chi connectivity index (χ3n) is 4.01. The Morgan fingerprint density at radius 2 is 1.92 bits per heavy atom. The lowest BCUT2D eigenvalue weighted by Crippen LogP contribution is -2.25. The van der Waals surface area contributed by atoms with Crippen LogP contribution in [0, 0.1) is 6.92 Å². The number of aromatic amines is 1. The number of carbonyl (C=O) groups excluding carboxylic acids is 1. The van der Waals surface area contributed by atoms with Crippen LogP contribution in [0.15, 0.2) is 36.4 Å². The van der Waals surface area contributed by atoms with E-state index in [-0.39, 0.29) is 5.91 Å². The summed E-state index contributed by atoms with van der Waals surface area (Å²) in [5, 5.41) is 4.29. The fourth-order valence-electron chi connectivity index (χ4n) is 2.75. The van der Waals surface area contributed by atoms with Crippen LogP contribution in [0.3, 0.4) is 0 Å². The molecule has 1 aromatic carbocycles. The van der Waals surface area contributed by atoms with Crippen LogP contribution in [0.2, 0.25) is 5.15 Å². The van der Waals surface area contributed by atoms with Gasteiger partial charge in [0, 0.05) is 24.0 Å². The van der Waals surface area contributed by atoms with Gasteiger partial charge < -0.3 is 15.2 Å². The molecule has 3 rings (SSSR count). The Bertz CT molecular complexity index is 900. The molecule has 0 fully saturated rings. The van der Waals surface area contributed by atoms with Crippen molar-refractivity contribution in [2.24, 2.45) is 0 Å². The Kier molecular flexibility index (Phi) is 5.06. The lowest BCUT2D eigenvalue weighted by Gasteiger charge is -2.11. The Morgan fingerprint density at radius 3 is 2.60 bits per heavy atom. The zero-order chi connectivity index (χ0) is 18.0. The molecule has 0 saturated carbocycles. The molecule has 2 aromatic heterocycles. The number of aromatic nitrogens is 2. The first-order chi connectivity index (χ1) is 11.9. The van der Waals surface area contributed by atoms with Gasteiger partial charge in [-0.15, -0.1) is 0 Å². The first-order valence-corrected chi connectivity index (χ1v) is 8.47. The molecule has 2 heterocycles. The Balaban J connectivity index is 1.87. The molecule has 0 radical (unpaired) electrons. The van der Waals surface area contributed by atoms with Gasteiger partial charge in [-0.05, 0) is 38.7 Å². The summed E-state index contributed by atoms with van der Waals surface area (Å²) in [6, 6.07) is 11.7. The predicted octanol–water partition coefficient (Wildman–Crippen LogP) is 3.52. The third kappa shape index (κ3) is 4.00. The molecule has 3 aromatic rings. The number of rotatable bonds is 5. The normalized spacial score (nSPS) is 11.2. The Hall–Kier alpha value is -2.37. The van der Waals surface area contributed by atoms with Crippen LogP contribution in [0.5, 0.6) is 0 Å². The summed E-state index contributed by atoms with van der Waals surface area (Å²) in [4.78, 5) is 22.1. The maximum Gasteiger partial charge on any atom is 0.268 e. The minimum absolute atomic E-state index is 0.147. The molecule has 0 bridgehead atoms. The molecule has 25 heavy (non-hydrogen) atoms. The zero-order valence-corrected chi connectivity index (χ0v) is 15.3. The molecule has 130 valence electrons. The number of fused-ring (bicyclic) bond motifs is 1.